The van der Waals surface area contributed by atoms with E-state index in [1.807, 2.05) is 0 Å². The Labute approximate surface area is 230 Å². The van der Waals surface area contributed by atoms with Crippen molar-refractivity contribution in [3.05, 3.63) is 51.6 Å². The molecule has 1 saturated heterocycles. The highest BCUT2D eigenvalue weighted by molar-refractivity contribution is 6.31. The summed E-state index contributed by atoms with van der Waals surface area (Å²) in [5, 5.41) is 34.2. The van der Waals surface area contributed by atoms with Gasteiger partial charge in [-0.1, -0.05) is 18.6 Å². The minimum absolute atomic E-state index is 0.00154. The number of rotatable bonds is 5. The summed E-state index contributed by atoms with van der Waals surface area (Å²) in [6.07, 6.45) is 0.213. The Kier molecular flexibility index (Phi) is 7.45. The molecule has 0 aromatic heterocycles. The molecule has 1 fully saturated rings. The summed E-state index contributed by atoms with van der Waals surface area (Å²) in [7, 11) is 1.37. The molecular formula is C29H31ClO9. The first-order valence-electron chi connectivity index (χ1n) is 13.0. The number of ketones is 3. The summed E-state index contributed by atoms with van der Waals surface area (Å²) in [4.78, 5) is 39.8. The molecule has 39 heavy (non-hydrogen) atoms. The molecule has 3 aliphatic rings. The predicted molar refractivity (Wildman–Crippen MR) is 140 cm³/mol. The number of methoxy groups -OCH3 is 1. The fourth-order valence-electron chi connectivity index (χ4n) is 5.93. The molecule has 10 heteroatoms. The van der Waals surface area contributed by atoms with Crippen molar-refractivity contribution in [3.63, 3.8) is 0 Å². The van der Waals surface area contributed by atoms with E-state index < -0.39 is 46.7 Å². The van der Waals surface area contributed by atoms with Crippen molar-refractivity contribution in [1.29, 1.82) is 0 Å². The monoisotopic (exact) mass is 558 g/mol. The molecule has 0 bridgehead atoms. The number of carbonyl (C=O) groups is 3. The molecule has 2 aliphatic carbocycles. The van der Waals surface area contributed by atoms with Gasteiger partial charge in [-0.15, -0.1) is 11.6 Å². The topological polar surface area (TPSA) is 140 Å². The smallest absolute Gasteiger partial charge is 0.202 e. The van der Waals surface area contributed by atoms with Crippen LogP contribution < -0.4 is 4.74 Å². The van der Waals surface area contributed by atoms with Crippen LogP contribution in [0.4, 0.5) is 0 Å². The van der Waals surface area contributed by atoms with Gasteiger partial charge in [-0.05, 0) is 31.7 Å². The number of ether oxygens (including phenoxy) is 3. The zero-order valence-corrected chi connectivity index (χ0v) is 22.5. The summed E-state index contributed by atoms with van der Waals surface area (Å²) < 4.78 is 17.5. The van der Waals surface area contributed by atoms with E-state index in [0.717, 1.165) is 12.8 Å². The number of benzene rings is 2. The number of aromatic hydroxyl groups is 2. The first kappa shape index (κ1) is 27.6. The number of phenolic OH excluding ortho intramolecular Hbond substituents is 2. The van der Waals surface area contributed by atoms with Crippen LogP contribution >= 0.6 is 11.6 Å². The van der Waals surface area contributed by atoms with Gasteiger partial charge in [0.2, 0.25) is 5.78 Å². The SMILES string of the molecule is COc1cccc2c1C(=O)c1c(O)c3c(c(O)c1C2=O)CC(O)(C(C)=O)CC3OC1CCCC(CCl)COC1. The predicted octanol–water partition coefficient (Wildman–Crippen LogP) is 3.63. The van der Waals surface area contributed by atoms with Gasteiger partial charge >= 0.3 is 0 Å². The molecule has 9 nitrogen and oxygen atoms in total. The van der Waals surface area contributed by atoms with Gasteiger partial charge in [-0.3, -0.25) is 14.4 Å². The van der Waals surface area contributed by atoms with Crippen LogP contribution in [0.25, 0.3) is 0 Å². The maximum Gasteiger partial charge on any atom is 0.202 e. The number of alkyl halides is 1. The number of carbonyl (C=O) groups excluding carboxylic acids is 3. The lowest BCUT2D eigenvalue weighted by molar-refractivity contribution is -0.146. The third-order valence-electron chi connectivity index (χ3n) is 8.10. The molecule has 0 amide bonds. The van der Waals surface area contributed by atoms with Crippen molar-refractivity contribution in [2.24, 2.45) is 5.92 Å². The Morgan fingerprint density at radius 1 is 1.10 bits per heavy atom. The standard InChI is InChI=1S/C29H31ClO9/c1-14(31)29(36)9-18-22(20(10-29)39-16-6-3-5-15(11-30)12-38-13-16)28(35)24-23(26(18)33)25(32)17-7-4-8-19(37-2)21(17)27(24)34/h4,7-8,15-16,20,33,35-36H,3,5-6,9-13H2,1-2H3. The van der Waals surface area contributed by atoms with Gasteiger partial charge in [-0.2, -0.15) is 0 Å². The van der Waals surface area contributed by atoms with Gasteiger partial charge in [0.1, 0.15) is 22.8 Å². The van der Waals surface area contributed by atoms with Crippen molar-refractivity contribution in [3.8, 4) is 17.2 Å². The van der Waals surface area contributed by atoms with Crippen molar-refractivity contribution < 1.29 is 43.9 Å². The summed E-state index contributed by atoms with van der Waals surface area (Å²) in [5.41, 5.74) is -2.54. The first-order chi connectivity index (χ1) is 18.6. The van der Waals surface area contributed by atoms with Crippen LogP contribution in [-0.4, -0.2) is 70.6 Å². The highest BCUT2D eigenvalue weighted by atomic mass is 35.5. The average molecular weight is 559 g/mol. The Bertz CT molecular complexity index is 1340. The number of halogens is 1. The molecule has 0 saturated carbocycles. The highest BCUT2D eigenvalue weighted by Gasteiger charge is 2.48. The molecule has 2 aromatic carbocycles. The summed E-state index contributed by atoms with van der Waals surface area (Å²) in [5.74, 6) is -2.09. The third-order valence-corrected chi connectivity index (χ3v) is 8.54. The van der Waals surface area contributed by atoms with Crippen LogP contribution in [0.5, 0.6) is 17.2 Å². The van der Waals surface area contributed by atoms with Crippen LogP contribution in [0.2, 0.25) is 0 Å². The molecule has 1 heterocycles. The van der Waals surface area contributed by atoms with E-state index in [1.54, 1.807) is 6.07 Å². The zero-order chi connectivity index (χ0) is 28.1. The second-order valence-corrected chi connectivity index (χ2v) is 10.9. The Hall–Kier alpha value is -2.98. The van der Waals surface area contributed by atoms with Gasteiger partial charge in [0.05, 0.1) is 49.2 Å². The lowest BCUT2D eigenvalue weighted by Crippen LogP contribution is -2.45. The van der Waals surface area contributed by atoms with Crippen molar-refractivity contribution in [2.45, 2.75) is 56.8 Å². The molecule has 208 valence electrons. The molecule has 0 radical (unpaired) electrons. The van der Waals surface area contributed by atoms with Crippen molar-refractivity contribution in [1.82, 2.24) is 0 Å². The van der Waals surface area contributed by atoms with Crippen molar-refractivity contribution >= 4 is 29.0 Å². The van der Waals surface area contributed by atoms with E-state index in [1.165, 1.54) is 26.2 Å². The number of hydrogen-bond acceptors (Lipinski definition) is 9. The molecule has 1 aliphatic heterocycles. The number of aliphatic hydroxyl groups is 1. The summed E-state index contributed by atoms with van der Waals surface area (Å²) in [6, 6.07) is 4.53. The van der Waals surface area contributed by atoms with E-state index in [9.17, 15) is 29.7 Å². The lowest BCUT2D eigenvalue weighted by Gasteiger charge is -2.40. The van der Waals surface area contributed by atoms with Gasteiger partial charge in [0, 0.05) is 35.4 Å². The van der Waals surface area contributed by atoms with Gasteiger partial charge in [0.25, 0.3) is 0 Å². The molecule has 5 rings (SSSR count). The lowest BCUT2D eigenvalue weighted by atomic mass is 9.72. The molecule has 4 atom stereocenters. The van der Waals surface area contributed by atoms with E-state index in [0.29, 0.717) is 18.9 Å². The largest absolute Gasteiger partial charge is 0.507 e. The molecular weight excluding hydrogens is 528 g/mol. The maximum absolute atomic E-state index is 13.7. The van der Waals surface area contributed by atoms with Crippen LogP contribution in [0.15, 0.2) is 18.2 Å². The quantitative estimate of drug-likeness (QED) is 0.316. The maximum atomic E-state index is 13.7. The molecule has 4 unspecified atom stereocenters. The summed E-state index contributed by atoms with van der Waals surface area (Å²) >= 11 is 6.00. The van der Waals surface area contributed by atoms with E-state index in [-0.39, 0.29) is 64.5 Å². The van der Waals surface area contributed by atoms with Crippen molar-refractivity contribution in [2.75, 3.05) is 26.2 Å². The number of Topliss-reactive ketones (excluding diaryl/α,β-unsaturated/α-hetero) is 1. The number of phenols is 2. The zero-order valence-electron chi connectivity index (χ0n) is 21.8. The molecule has 2 aromatic rings. The second kappa shape index (κ2) is 10.5. The van der Waals surface area contributed by atoms with Gasteiger partial charge in [-0.25, -0.2) is 0 Å². The van der Waals surface area contributed by atoms with Crippen LogP contribution in [-0.2, 0) is 20.7 Å². The van der Waals surface area contributed by atoms with E-state index in [2.05, 4.69) is 0 Å². The molecule has 3 N–H and O–H groups in total. The van der Waals surface area contributed by atoms with Crippen LogP contribution in [0.1, 0.15) is 81.7 Å². The van der Waals surface area contributed by atoms with E-state index in [4.69, 9.17) is 25.8 Å². The summed E-state index contributed by atoms with van der Waals surface area (Å²) in [6.45, 7) is 1.94. The third kappa shape index (κ3) is 4.61. The van der Waals surface area contributed by atoms with E-state index >= 15 is 0 Å². The Balaban J connectivity index is 1.62. The van der Waals surface area contributed by atoms with Crippen LogP contribution in [0.3, 0.4) is 0 Å². The number of hydrogen-bond donors (Lipinski definition) is 3. The highest BCUT2D eigenvalue weighted by Crippen LogP contribution is 2.52. The van der Waals surface area contributed by atoms with Gasteiger partial charge in [0.15, 0.2) is 11.6 Å². The average Bonchev–Trinajstić information content (AvgIpc) is 2.89. The fraction of sp³-hybridized carbons (Fsp3) is 0.483. The van der Waals surface area contributed by atoms with Crippen LogP contribution in [0, 0.1) is 5.92 Å². The first-order valence-corrected chi connectivity index (χ1v) is 13.5. The number of fused-ring (bicyclic) bond motifs is 3. The minimum atomic E-state index is -1.91. The fourth-order valence-corrected chi connectivity index (χ4v) is 6.17. The molecule has 0 spiro atoms. The minimum Gasteiger partial charge on any atom is -0.507 e. The Morgan fingerprint density at radius 3 is 2.54 bits per heavy atom. The van der Waals surface area contributed by atoms with Gasteiger partial charge < -0.3 is 29.5 Å². The normalized spacial score (nSPS) is 26.6. The Morgan fingerprint density at radius 2 is 1.85 bits per heavy atom. The second-order valence-electron chi connectivity index (χ2n) is 10.6.